The molecule has 0 saturated carbocycles. The van der Waals surface area contributed by atoms with Gasteiger partial charge in [0.1, 0.15) is 22.3 Å². The Kier molecular flexibility index (Phi) is 10.8. The second kappa shape index (κ2) is 18.9. The molecule has 0 radical (unpaired) electrons. The van der Waals surface area contributed by atoms with Gasteiger partial charge in [-0.1, -0.05) is 206 Å². The van der Waals surface area contributed by atoms with Crippen LogP contribution in [0.2, 0.25) is 0 Å². The predicted octanol–water partition coefficient (Wildman–Crippen LogP) is 20.1. The second-order valence-corrected chi connectivity index (χ2v) is 20.7. The van der Waals surface area contributed by atoms with E-state index in [0.29, 0.717) is 17.5 Å². The van der Waals surface area contributed by atoms with Crippen LogP contribution >= 0.6 is 0 Å². The molecule has 0 aliphatic carbocycles. The molecule has 0 unspecified atom stereocenters. The van der Waals surface area contributed by atoms with E-state index in [-0.39, 0.29) is 0 Å². The predicted molar refractivity (Wildman–Crippen MR) is 332 cm³/mol. The zero-order valence-corrected chi connectivity index (χ0v) is 43.7. The summed E-state index contributed by atoms with van der Waals surface area (Å²) in [6, 6.07) is 98.8. The first-order valence-corrected chi connectivity index (χ1v) is 27.3. The van der Waals surface area contributed by atoms with E-state index in [1.54, 1.807) is 0 Å². The number of nitrogens with zero attached hydrogens (tertiary/aromatic N) is 4. The maximum Gasteiger partial charge on any atom is 0.164 e. The molecule has 81 heavy (non-hydrogen) atoms. The minimum atomic E-state index is 0.520. The molecule has 16 aromatic rings. The van der Waals surface area contributed by atoms with Crippen LogP contribution < -0.4 is 0 Å². The van der Waals surface area contributed by atoms with Gasteiger partial charge in [-0.25, -0.2) is 15.0 Å². The minimum absolute atomic E-state index is 0.520. The summed E-state index contributed by atoms with van der Waals surface area (Å²) in [5, 5.41) is 6.48. The lowest BCUT2D eigenvalue weighted by atomic mass is 9.92. The Balaban J connectivity index is 1.00. The average molecular weight is 1040 g/mol. The summed E-state index contributed by atoms with van der Waals surface area (Å²) >= 11 is 0. The molecule has 4 aromatic heterocycles. The first-order chi connectivity index (χ1) is 40.1. The maximum atomic E-state index is 6.47. The van der Waals surface area contributed by atoms with Crippen LogP contribution in [0.15, 0.2) is 288 Å². The van der Waals surface area contributed by atoms with E-state index < -0.39 is 0 Å². The van der Waals surface area contributed by atoms with Crippen LogP contribution in [-0.4, -0.2) is 19.5 Å². The van der Waals surface area contributed by atoms with Gasteiger partial charge in [0.2, 0.25) is 0 Å². The third-order valence-corrected chi connectivity index (χ3v) is 15.8. The Morgan fingerprint density at radius 3 is 1.12 bits per heavy atom. The molecule has 0 atom stereocenters. The van der Waals surface area contributed by atoms with Crippen molar-refractivity contribution in [3.05, 3.63) is 279 Å². The topological polar surface area (TPSA) is 69.9 Å². The number of furan rings is 2. The molecule has 6 heteroatoms. The van der Waals surface area contributed by atoms with Gasteiger partial charge >= 0.3 is 0 Å². The van der Waals surface area contributed by atoms with Crippen molar-refractivity contribution < 1.29 is 8.83 Å². The van der Waals surface area contributed by atoms with Gasteiger partial charge in [0, 0.05) is 65.7 Å². The summed E-state index contributed by atoms with van der Waals surface area (Å²) in [5.74, 6) is 1.57. The van der Waals surface area contributed by atoms with Crippen LogP contribution in [-0.2, 0) is 0 Å². The van der Waals surface area contributed by atoms with Crippen molar-refractivity contribution in [2.24, 2.45) is 0 Å². The molecular formula is C75H46N4O2. The van der Waals surface area contributed by atoms with E-state index in [9.17, 15) is 0 Å². The number of fused-ring (bicyclic) bond motifs is 9. The molecule has 0 spiro atoms. The molecule has 0 amide bonds. The molecule has 378 valence electrons. The molecule has 4 heterocycles. The van der Waals surface area contributed by atoms with Gasteiger partial charge in [0.25, 0.3) is 0 Å². The molecule has 0 N–H and O–H groups in total. The second-order valence-electron chi connectivity index (χ2n) is 20.7. The molecule has 0 aliphatic rings. The highest BCUT2D eigenvalue weighted by Gasteiger charge is 2.26. The van der Waals surface area contributed by atoms with Crippen LogP contribution in [0.3, 0.4) is 0 Å². The molecular weight excluding hydrogens is 989 g/mol. The van der Waals surface area contributed by atoms with E-state index in [2.05, 4.69) is 235 Å². The Morgan fingerprint density at radius 1 is 0.235 bits per heavy atom. The van der Waals surface area contributed by atoms with Gasteiger partial charge < -0.3 is 13.4 Å². The third kappa shape index (κ3) is 7.91. The SMILES string of the molecule is c1ccc(-c2ccc3c(c2)c2cc(-c4ccccc4)cc(-c4ccccc4)c2n3-c2c(-c3ccccc3)cc(-c3nc(-c4ccc5c(c4)oc4ccccc45)nc(-c4ccc5c(c4)oc4ccccc45)n3)cc2-c2ccccc2)cc1. The highest BCUT2D eigenvalue weighted by atomic mass is 16.3. The number of hydrogen-bond donors (Lipinski definition) is 0. The summed E-state index contributed by atoms with van der Waals surface area (Å²) in [4.78, 5) is 16.2. The molecule has 0 aliphatic heterocycles. The summed E-state index contributed by atoms with van der Waals surface area (Å²) in [6.45, 7) is 0. The molecule has 6 nitrogen and oxygen atoms in total. The average Bonchev–Trinajstić information content (AvgIpc) is 4.14. The molecule has 12 aromatic carbocycles. The van der Waals surface area contributed by atoms with Crippen molar-refractivity contribution in [2.75, 3.05) is 0 Å². The van der Waals surface area contributed by atoms with Gasteiger partial charge in [0.15, 0.2) is 17.5 Å². The summed E-state index contributed by atoms with van der Waals surface area (Å²) in [7, 11) is 0. The summed E-state index contributed by atoms with van der Waals surface area (Å²) in [6.07, 6.45) is 0. The highest BCUT2D eigenvalue weighted by molar-refractivity contribution is 6.17. The van der Waals surface area contributed by atoms with Crippen LogP contribution in [0.4, 0.5) is 0 Å². The lowest BCUT2D eigenvalue weighted by Gasteiger charge is -2.22. The first kappa shape index (κ1) is 46.2. The van der Waals surface area contributed by atoms with Crippen molar-refractivity contribution in [1.82, 2.24) is 19.5 Å². The molecule has 0 fully saturated rings. The third-order valence-electron chi connectivity index (χ3n) is 15.8. The van der Waals surface area contributed by atoms with E-state index >= 15 is 0 Å². The van der Waals surface area contributed by atoms with Crippen LogP contribution in [0, 0.1) is 0 Å². The quantitative estimate of drug-likeness (QED) is 0.144. The van der Waals surface area contributed by atoms with Gasteiger partial charge in [-0.2, -0.15) is 0 Å². The molecule has 0 saturated heterocycles. The normalized spacial score (nSPS) is 11.7. The standard InChI is InChI=1S/C75H46N4O2/c1-6-20-47(21-7-1)52-36-39-66-64(40-52)65-42-55(48-22-8-2-9-23-48)41-61(49-24-10-3-11-25-49)72(65)79(66)71-62(50-26-12-4-13-27-50)43-56(44-63(71)51-28-14-5-15-29-51)75-77-73(53-34-37-59-57-30-16-18-32-67(57)80-69(59)45-53)76-74(78-75)54-35-38-60-58-31-17-19-33-68(58)81-70(60)46-54/h1-46H. The van der Waals surface area contributed by atoms with E-state index in [0.717, 1.165) is 144 Å². The van der Waals surface area contributed by atoms with Gasteiger partial charge in [-0.05, 0) is 112 Å². The Bertz CT molecular complexity index is 4890. The first-order valence-electron chi connectivity index (χ1n) is 27.3. The van der Waals surface area contributed by atoms with Gasteiger partial charge in [-0.3, -0.25) is 0 Å². The summed E-state index contributed by atoms with van der Waals surface area (Å²) in [5.41, 5.74) is 19.8. The van der Waals surface area contributed by atoms with E-state index in [1.807, 2.05) is 48.5 Å². The number of para-hydroxylation sites is 2. The number of hydrogen-bond acceptors (Lipinski definition) is 5. The van der Waals surface area contributed by atoms with Gasteiger partial charge in [-0.15, -0.1) is 0 Å². The van der Waals surface area contributed by atoms with E-state index in [4.69, 9.17) is 23.8 Å². The Hall–Kier alpha value is -11.0. The number of rotatable bonds is 9. The van der Waals surface area contributed by atoms with Crippen molar-refractivity contribution in [2.45, 2.75) is 0 Å². The fourth-order valence-corrected chi connectivity index (χ4v) is 12.0. The van der Waals surface area contributed by atoms with E-state index in [1.165, 1.54) is 0 Å². The Morgan fingerprint density at radius 2 is 0.617 bits per heavy atom. The van der Waals surface area contributed by atoms with Crippen molar-refractivity contribution in [3.8, 4) is 95.5 Å². The monoisotopic (exact) mass is 1030 g/mol. The maximum absolute atomic E-state index is 6.47. The zero-order valence-electron chi connectivity index (χ0n) is 43.7. The minimum Gasteiger partial charge on any atom is -0.456 e. The lowest BCUT2D eigenvalue weighted by Crippen LogP contribution is -2.04. The van der Waals surface area contributed by atoms with Crippen LogP contribution in [0.5, 0.6) is 0 Å². The number of benzene rings is 12. The fraction of sp³-hybridized carbons (Fsp3) is 0. The number of aromatic nitrogens is 4. The lowest BCUT2D eigenvalue weighted by molar-refractivity contribution is 0.668. The molecule has 0 bridgehead atoms. The van der Waals surface area contributed by atoms with Gasteiger partial charge in [0.05, 0.1) is 16.7 Å². The largest absolute Gasteiger partial charge is 0.456 e. The van der Waals surface area contributed by atoms with Crippen molar-refractivity contribution in [3.63, 3.8) is 0 Å². The highest BCUT2D eigenvalue weighted by Crippen LogP contribution is 2.48. The zero-order chi connectivity index (χ0) is 53.4. The molecule has 16 rings (SSSR count). The Labute approximate surface area is 466 Å². The van der Waals surface area contributed by atoms with Crippen molar-refractivity contribution >= 4 is 65.7 Å². The van der Waals surface area contributed by atoms with Crippen LogP contribution in [0.25, 0.3) is 161 Å². The fourth-order valence-electron chi connectivity index (χ4n) is 12.0. The summed E-state index contributed by atoms with van der Waals surface area (Å²) < 4.78 is 15.5. The smallest absolute Gasteiger partial charge is 0.164 e. The van der Waals surface area contributed by atoms with Crippen LogP contribution in [0.1, 0.15) is 0 Å². The van der Waals surface area contributed by atoms with Crippen molar-refractivity contribution in [1.29, 1.82) is 0 Å².